The standard InChI is InChI=1S/C11H12N2S2/c12-10-4-1-6-13-11(10)15-8-5-9-3-2-7-14-9/h1-4,6-7H,5,8,12H2. The lowest BCUT2D eigenvalue weighted by atomic mass is 10.4. The maximum Gasteiger partial charge on any atom is 0.119 e. The second kappa shape index (κ2) is 5.19. The minimum atomic E-state index is 0.772. The van der Waals surface area contributed by atoms with Crippen molar-refractivity contribution in [2.45, 2.75) is 11.4 Å². The molecule has 2 aromatic heterocycles. The molecule has 0 aromatic carbocycles. The van der Waals surface area contributed by atoms with Gasteiger partial charge >= 0.3 is 0 Å². The number of pyridine rings is 1. The lowest BCUT2D eigenvalue weighted by molar-refractivity contribution is 1.13. The summed E-state index contributed by atoms with van der Waals surface area (Å²) in [5, 5.41) is 3.05. The lowest BCUT2D eigenvalue weighted by Gasteiger charge is -2.02. The molecule has 0 fully saturated rings. The fourth-order valence-electron chi connectivity index (χ4n) is 1.23. The number of hydrogen-bond donors (Lipinski definition) is 1. The number of anilines is 1. The zero-order valence-electron chi connectivity index (χ0n) is 8.22. The van der Waals surface area contributed by atoms with E-state index in [-0.39, 0.29) is 0 Å². The van der Waals surface area contributed by atoms with Crippen LogP contribution in [0.3, 0.4) is 0 Å². The number of thiophene rings is 1. The molecule has 0 aliphatic heterocycles. The normalized spacial score (nSPS) is 10.4. The van der Waals surface area contributed by atoms with Crippen molar-refractivity contribution in [2.24, 2.45) is 0 Å². The molecule has 2 nitrogen and oxygen atoms in total. The smallest absolute Gasteiger partial charge is 0.119 e. The molecule has 2 aromatic rings. The fraction of sp³-hybridized carbons (Fsp3) is 0.182. The Labute approximate surface area is 97.5 Å². The number of hydrogen-bond acceptors (Lipinski definition) is 4. The van der Waals surface area contributed by atoms with Gasteiger partial charge in [-0.1, -0.05) is 6.07 Å². The summed E-state index contributed by atoms with van der Waals surface area (Å²) in [4.78, 5) is 5.65. The van der Waals surface area contributed by atoms with Crippen LogP contribution in [0.5, 0.6) is 0 Å². The largest absolute Gasteiger partial charge is 0.397 e. The highest BCUT2D eigenvalue weighted by Gasteiger charge is 2.00. The highest BCUT2D eigenvalue weighted by atomic mass is 32.2. The average Bonchev–Trinajstić information content (AvgIpc) is 2.74. The molecule has 0 unspecified atom stereocenters. The number of thioether (sulfide) groups is 1. The average molecular weight is 236 g/mol. The number of nitrogens with zero attached hydrogens (tertiary/aromatic N) is 1. The van der Waals surface area contributed by atoms with Crippen molar-refractivity contribution in [3.63, 3.8) is 0 Å². The molecule has 0 atom stereocenters. The van der Waals surface area contributed by atoms with Crippen LogP contribution in [0.2, 0.25) is 0 Å². The van der Waals surface area contributed by atoms with Gasteiger partial charge in [-0.05, 0) is 30.0 Å². The van der Waals surface area contributed by atoms with E-state index in [9.17, 15) is 0 Å². The van der Waals surface area contributed by atoms with Crippen molar-refractivity contribution in [2.75, 3.05) is 11.5 Å². The van der Waals surface area contributed by atoms with Crippen LogP contribution in [0.25, 0.3) is 0 Å². The first-order valence-corrected chi connectivity index (χ1v) is 6.58. The molecule has 0 spiro atoms. The maximum atomic E-state index is 5.80. The minimum Gasteiger partial charge on any atom is -0.397 e. The molecule has 4 heteroatoms. The third-order valence-corrected chi connectivity index (χ3v) is 3.93. The van der Waals surface area contributed by atoms with Crippen molar-refractivity contribution < 1.29 is 0 Å². The first kappa shape index (κ1) is 10.5. The van der Waals surface area contributed by atoms with Gasteiger partial charge in [0.1, 0.15) is 5.03 Å². The molecule has 0 aliphatic carbocycles. The molecule has 2 heterocycles. The predicted molar refractivity (Wildman–Crippen MR) is 67.4 cm³/mol. The number of nitrogens with two attached hydrogens (primary N) is 1. The van der Waals surface area contributed by atoms with Crippen LogP contribution in [0.15, 0.2) is 40.9 Å². The summed E-state index contributed by atoms with van der Waals surface area (Å²) >= 11 is 3.51. The van der Waals surface area contributed by atoms with Crippen molar-refractivity contribution in [1.29, 1.82) is 0 Å². The first-order chi connectivity index (χ1) is 7.36. The van der Waals surface area contributed by atoms with E-state index in [1.54, 1.807) is 29.3 Å². The van der Waals surface area contributed by atoms with Crippen LogP contribution in [-0.4, -0.2) is 10.7 Å². The summed E-state index contributed by atoms with van der Waals surface area (Å²) in [6, 6.07) is 7.99. The molecular weight excluding hydrogens is 224 g/mol. The Hall–Kier alpha value is -1.00. The summed E-state index contributed by atoms with van der Waals surface area (Å²) in [5.41, 5.74) is 6.57. The number of nitrogen functional groups attached to an aromatic ring is 1. The quantitative estimate of drug-likeness (QED) is 0.829. The van der Waals surface area contributed by atoms with E-state index in [1.165, 1.54) is 4.88 Å². The lowest BCUT2D eigenvalue weighted by Crippen LogP contribution is -1.92. The van der Waals surface area contributed by atoms with Gasteiger partial charge in [-0.3, -0.25) is 0 Å². The Morgan fingerprint density at radius 1 is 1.33 bits per heavy atom. The molecule has 15 heavy (non-hydrogen) atoms. The van der Waals surface area contributed by atoms with Crippen LogP contribution in [0, 0.1) is 0 Å². The molecule has 78 valence electrons. The van der Waals surface area contributed by atoms with E-state index in [0.29, 0.717) is 0 Å². The van der Waals surface area contributed by atoms with E-state index in [4.69, 9.17) is 5.73 Å². The van der Waals surface area contributed by atoms with Crippen molar-refractivity contribution in [3.05, 3.63) is 40.7 Å². The molecule has 0 bridgehead atoms. The van der Waals surface area contributed by atoms with Crippen LogP contribution in [-0.2, 0) is 6.42 Å². The molecule has 0 aliphatic rings. The number of rotatable bonds is 4. The zero-order valence-corrected chi connectivity index (χ0v) is 9.85. The van der Waals surface area contributed by atoms with Gasteiger partial charge in [0.25, 0.3) is 0 Å². The Bertz CT molecular complexity index is 412. The molecular formula is C11H12N2S2. The Kier molecular flexibility index (Phi) is 3.64. The summed E-state index contributed by atoms with van der Waals surface area (Å²) in [6.45, 7) is 0. The van der Waals surface area contributed by atoms with E-state index in [2.05, 4.69) is 22.5 Å². The van der Waals surface area contributed by atoms with Crippen LogP contribution in [0.4, 0.5) is 5.69 Å². The zero-order chi connectivity index (χ0) is 10.5. The van der Waals surface area contributed by atoms with Gasteiger partial charge < -0.3 is 5.73 Å². The van der Waals surface area contributed by atoms with Gasteiger partial charge in [0, 0.05) is 16.8 Å². The van der Waals surface area contributed by atoms with Gasteiger partial charge in [0.05, 0.1) is 5.69 Å². The van der Waals surface area contributed by atoms with Crippen LogP contribution < -0.4 is 5.73 Å². The highest BCUT2D eigenvalue weighted by molar-refractivity contribution is 7.99. The molecule has 0 amide bonds. The third-order valence-electron chi connectivity index (χ3n) is 1.97. The van der Waals surface area contributed by atoms with E-state index >= 15 is 0 Å². The number of aromatic nitrogens is 1. The maximum absolute atomic E-state index is 5.80. The van der Waals surface area contributed by atoms with Gasteiger partial charge in [-0.15, -0.1) is 23.1 Å². The van der Waals surface area contributed by atoms with Gasteiger partial charge in [0.2, 0.25) is 0 Å². The van der Waals surface area contributed by atoms with Crippen LogP contribution in [0.1, 0.15) is 4.88 Å². The summed E-state index contributed by atoms with van der Waals surface area (Å²) < 4.78 is 0. The molecule has 0 saturated carbocycles. The molecule has 2 N–H and O–H groups in total. The van der Waals surface area contributed by atoms with Crippen molar-refractivity contribution in [3.8, 4) is 0 Å². The van der Waals surface area contributed by atoms with Crippen LogP contribution >= 0.6 is 23.1 Å². The van der Waals surface area contributed by atoms with Crippen molar-refractivity contribution in [1.82, 2.24) is 4.98 Å². The SMILES string of the molecule is Nc1cccnc1SCCc1cccs1. The number of aryl methyl sites for hydroxylation is 1. The van der Waals surface area contributed by atoms with Gasteiger partial charge in [-0.25, -0.2) is 4.98 Å². The predicted octanol–water partition coefficient (Wildman–Crippen LogP) is 3.06. The Balaban J connectivity index is 1.86. The van der Waals surface area contributed by atoms with E-state index in [0.717, 1.165) is 22.9 Å². The van der Waals surface area contributed by atoms with E-state index in [1.807, 2.05) is 12.1 Å². The molecule has 0 saturated heterocycles. The van der Waals surface area contributed by atoms with Gasteiger partial charge in [-0.2, -0.15) is 0 Å². The molecule has 0 radical (unpaired) electrons. The third kappa shape index (κ3) is 2.97. The second-order valence-corrected chi connectivity index (χ2v) is 5.19. The second-order valence-electron chi connectivity index (χ2n) is 3.08. The summed E-state index contributed by atoms with van der Waals surface area (Å²) in [7, 11) is 0. The fourth-order valence-corrected chi connectivity index (χ4v) is 2.95. The summed E-state index contributed by atoms with van der Waals surface area (Å²) in [6.07, 6.45) is 2.86. The van der Waals surface area contributed by atoms with E-state index < -0.39 is 0 Å². The Morgan fingerprint density at radius 3 is 3.00 bits per heavy atom. The molecule has 2 rings (SSSR count). The van der Waals surface area contributed by atoms with Gasteiger partial charge in [0.15, 0.2) is 0 Å². The summed E-state index contributed by atoms with van der Waals surface area (Å²) in [5.74, 6) is 1.03. The Morgan fingerprint density at radius 2 is 2.27 bits per heavy atom. The highest BCUT2D eigenvalue weighted by Crippen LogP contribution is 2.23. The topological polar surface area (TPSA) is 38.9 Å². The monoisotopic (exact) mass is 236 g/mol. The first-order valence-electron chi connectivity index (χ1n) is 4.72. The van der Waals surface area contributed by atoms with Crippen molar-refractivity contribution >= 4 is 28.8 Å². The minimum absolute atomic E-state index is 0.772.